The number of ether oxygens (including phenoxy) is 2. The van der Waals surface area contributed by atoms with E-state index >= 15 is 0 Å². The fourth-order valence-electron chi connectivity index (χ4n) is 1.87. The van der Waals surface area contributed by atoms with Gasteiger partial charge in [0.05, 0.1) is 29.3 Å². The van der Waals surface area contributed by atoms with Crippen molar-refractivity contribution in [1.82, 2.24) is 0 Å². The molecule has 0 unspecified atom stereocenters. The van der Waals surface area contributed by atoms with Crippen LogP contribution in [0.25, 0.3) is 0 Å². The summed E-state index contributed by atoms with van der Waals surface area (Å²) < 4.78 is 50.7. The summed E-state index contributed by atoms with van der Waals surface area (Å²) in [6.45, 7) is 2.04. The van der Waals surface area contributed by atoms with Crippen molar-refractivity contribution >= 4 is 27.3 Å². The predicted octanol–water partition coefficient (Wildman–Crippen LogP) is 3.69. The predicted molar refractivity (Wildman–Crippen MR) is 86.4 cm³/mol. The van der Waals surface area contributed by atoms with E-state index in [2.05, 4.69) is 4.72 Å². The first-order valence-electron chi connectivity index (χ1n) is 6.66. The standard InChI is InChI=1S/C15H15ClFNO4S/c1-3-22-15-6-4-10(8-13(15)17)18-23(19,20)11-5-7-14(21-2)12(16)9-11/h4-9,18H,3H2,1-2H3. The normalized spacial score (nSPS) is 11.1. The first kappa shape index (κ1) is 17.4. The Kier molecular flexibility index (Phi) is 5.33. The van der Waals surface area contributed by atoms with Crippen LogP contribution in [0.1, 0.15) is 6.92 Å². The molecule has 2 rings (SSSR count). The van der Waals surface area contributed by atoms with Crippen molar-refractivity contribution in [3.05, 3.63) is 47.2 Å². The molecule has 0 spiro atoms. The van der Waals surface area contributed by atoms with Crippen LogP contribution in [-0.4, -0.2) is 22.1 Å². The Morgan fingerprint density at radius 2 is 1.87 bits per heavy atom. The van der Waals surface area contributed by atoms with E-state index in [4.69, 9.17) is 21.1 Å². The van der Waals surface area contributed by atoms with E-state index in [1.807, 2.05) is 0 Å². The fraction of sp³-hybridized carbons (Fsp3) is 0.200. The van der Waals surface area contributed by atoms with Crippen molar-refractivity contribution in [2.75, 3.05) is 18.4 Å². The van der Waals surface area contributed by atoms with Crippen LogP contribution >= 0.6 is 11.6 Å². The van der Waals surface area contributed by atoms with Gasteiger partial charge < -0.3 is 9.47 Å². The molecule has 1 N–H and O–H groups in total. The van der Waals surface area contributed by atoms with E-state index in [0.717, 1.165) is 6.07 Å². The molecule has 0 heterocycles. The van der Waals surface area contributed by atoms with Crippen molar-refractivity contribution in [2.45, 2.75) is 11.8 Å². The van der Waals surface area contributed by atoms with E-state index in [1.165, 1.54) is 37.4 Å². The summed E-state index contributed by atoms with van der Waals surface area (Å²) in [5, 5.41) is 0.160. The maximum atomic E-state index is 13.8. The Morgan fingerprint density at radius 3 is 2.43 bits per heavy atom. The molecular formula is C15H15ClFNO4S. The second-order valence-corrected chi connectivity index (χ2v) is 6.57. The fourth-order valence-corrected chi connectivity index (χ4v) is 3.26. The lowest BCUT2D eigenvalue weighted by molar-refractivity contribution is 0.321. The van der Waals surface area contributed by atoms with Gasteiger partial charge in [-0.05, 0) is 37.3 Å². The average Bonchev–Trinajstić information content (AvgIpc) is 2.49. The van der Waals surface area contributed by atoms with Crippen molar-refractivity contribution < 1.29 is 22.3 Å². The average molecular weight is 360 g/mol. The molecule has 8 heteroatoms. The highest BCUT2D eigenvalue weighted by Gasteiger charge is 2.17. The van der Waals surface area contributed by atoms with Crippen LogP contribution in [0.4, 0.5) is 10.1 Å². The van der Waals surface area contributed by atoms with Crippen LogP contribution in [0.3, 0.4) is 0 Å². The minimum absolute atomic E-state index is 0.0578. The SMILES string of the molecule is CCOc1ccc(NS(=O)(=O)c2ccc(OC)c(Cl)c2)cc1F. The number of rotatable bonds is 6. The Labute approximate surface area is 139 Å². The molecule has 0 atom stereocenters. The molecule has 0 fully saturated rings. The monoisotopic (exact) mass is 359 g/mol. The molecule has 2 aromatic rings. The van der Waals surface area contributed by atoms with Gasteiger partial charge in [0.25, 0.3) is 10.0 Å². The molecule has 0 aliphatic rings. The summed E-state index contributed by atoms with van der Waals surface area (Å²) in [4.78, 5) is -0.0578. The van der Waals surface area contributed by atoms with Gasteiger partial charge in [-0.2, -0.15) is 0 Å². The number of nitrogens with one attached hydrogen (secondary N) is 1. The van der Waals surface area contributed by atoms with E-state index < -0.39 is 15.8 Å². The summed E-state index contributed by atoms with van der Waals surface area (Å²) in [6.07, 6.45) is 0. The zero-order chi connectivity index (χ0) is 17.0. The summed E-state index contributed by atoms with van der Waals surface area (Å²) >= 11 is 5.93. The van der Waals surface area contributed by atoms with Gasteiger partial charge in [-0.25, -0.2) is 12.8 Å². The molecule has 0 saturated carbocycles. The summed E-state index contributed by atoms with van der Waals surface area (Å²) in [6, 6.07) is 7.86. The van der Waals surface area contributed by atoms with Crippen molar-refractivity contribution in [3.8, 4) is 11.5 Å². The number of sulfonamides is 1. The lowest BCUT2D eigenvalue weighted by Gasteiger charge is -2.11. The zero-order valence-corrected chi connectivity index (χ0v) is 14.0. The van der Waals surface area contributed by atoms with E-state index in [-0.39, 0.29) is 21.4 Å². The maximum absolute atomic E-state index is 13.8. The molecule has 0 aliphatic carbocycles. The molecule has 0 radical (unpaired) electrons. The van der Waals surface area contributed by atoms with Gasteiger partial charge in [-0.3, -0.25) is 4.72 Å². The topological polar surface area (TPSA) is 64.6 Å². The quantitative estimate of drug-likeness (QED) is 0.854. The molecule has 0 bridgehead atoms. The maximum Gasteiger partial charge on any atom is 0.261 e. The van der Waals surface area contributed by atoms with Gasteiger partial charge in [0.2, 0.25) is 0 Å². The third-order valence-electron chi connectivity index (χ3n) is 2.92. The van der Waals surface area contributed by atoms with Gasteiger partial charge in [-0.15, -0.1) is 0 Å². The minimum atomic E-state index is -3.90. The molecule has 0 aromatic heterocycles. The molecule has 5 nitrogen and oxygen atoms in total. The van der Waals surface area contributed by atoms with Gasteiger partial charge in [0, 0.05) is 6.07 Å². The smallest absolute Gasteiger partial charge is 0.261 e. The molecule has 124 valence electrons. The van der Waals surface area contributed by atoms with E-state index in [1.54, 1.807) is 6.92 Å². The third-order valence-corrected chi connectivity index (χ3v) is 4.59. The van der Waals surface area contributed by atoms with Crippen molar-refractivity contribution in [1.29, 1.82) is 0 Å². The summed E-state index contributed by atoms with van der Waals surface area (Å²) in [7, 11) is -2.47. The van der Waals surface area contributed by atoms with Crippen LogP contribution < -0.4 is 14.2 Å². The lowest BCUT2D eigenvalue weighted by Crippen LogP contribution is -2.13. The van der Waals surface area contributed by atoms with E-state index in [0.29, 0.717) is 12.4 Å². The van der Waals surface area contributed by atoms with Crippen molar-refractivity contribution in [3.63, 3.8) is 0 Å². The number of anilines is 1. The van der Waals surface area contributed by atoms with Gasteiger partial charge in [0.1, 0.15) is 5.75 Å². The molecule has 0 aliphatic heterocycles. The first-order chi connectivity index (χ1) is 10.9. The van der Waals surface area contributed by atoms with Crippen LogP contribution in [0.2, 0.25) is 5.02 Å². The van der Waals surface area contributed by atoms with E-state index in [9.17, 15) is 12.8 Å². The molecule has 2 aromatic carbocycles. The Bertz CT molecular complexity index is 811. The van der Waals surface area contributed by atoms with Crippen molar-refractivity contribution in [2.24, 2.45) is 0 Å². The highest BCUT2D eigenvalue weighted by Crippen LogP contribution is 2.28. The molecule has 0 amide bonds. The van der Waals surface area contributed by atoms with Crippen LogP contribution in [-0.2, 0) is 10.0 Å². The number of hydrogen-bond acceptors (Lipinski definition) is 4. The zero-order valence-electron chi connectivity index (χ0n) is 12.5. The number of hydrogen-bond donors (Lipinski definition) is 1. The lowest BCUT2D eigenvalue weighted by atomic mass is 10.3. The third kappa shape index (κ3) is 4.05. The first-order valence-corrected chi connectivity index (χ1v) is 8.52. The summed E-state index contributed by atoms with van der Waals surface area (Å²) in [5.41, 5.74) is 0.0814. The molecular weight excluding hydrogens is 345 g/mol. The number of benzene rings is 2. The van der Waals surface area contributed by atoms with Crippen LogP contribution in [0.5, 0.6) is 11.5 Å². The number of methoxy groups -OCH3 is 1. The second-order valence-electron chi connectivity index (χ2n) is 4.48. The van der Waals surface area contributed by atoms with Crippen LogP contribution in [0, 0.1) is 5.82 Å². The Hall–Kier alpha value is -1.99. The Morgan fingerprint density at radius 1 is 1.17 bits per heavy atom. The number of halogens is 2. The van der Waals surface area contributed by atoms with Gasteiger partial charge >= 0.3 is 0 Å². The van der Waals surface area contributed by atoms with Crippen LogP contribution in [0.15, 0.2) is 41.3 Å². The Balaban J connectivity index is 2.27. The molecule has 0 saturated heterocycles. The second kappa shape index (κ2) is 7.06. The highest BCUT2D eigenvalue weighted by molar-refractivity contribution is 7.92. The van der Waals surface area contributed by atoms with Gasteiger partial charge in [0.15, 0.2) is 11.6 Å². The minimum Gasteiger partial charge on any atom is -0.495 e. The highest BCUT2D eigenvalue weighted by atomic mass is 35.5. The molecule has 23 heavy (non-hydrogen) atoms. The van der Waals surface area contributed by atoms with Gasteiger partial charge in [-0.1, -0.05) is 11.6 Å². The largest absolute Gasteiger partial charge is 0.495 e. The summed E-state index contributed by atoms with van der Waals surface area (Å²) in [5.74, 6) is -0.236.